The van der Waals surface area contributed by atoms with Crippen molar-refractivity contribution in [3.8, 4) is 11.5 Å². The number of hydrogen-bond acceptors (Lipinski definition) is 5. The van der Waals surface area contributed by atoms with E-state index in [0.29, 0.717) is 17.1 Å². The number of carboxylic acid groups (broad SMARTS) is 1. The molecule has 0 bridgehead atoms. The number of nitrogens with zero attached hydrogens (tertiary/aromatic N) is 1. The first-order valence-corrected chi connectivity index (χ1v) is 9.42. The van der Waals surface area contributed by atoms with E-state index in [-0.39, 0.29) is 23.5 Å². The van der Waals surface area contributed by atoms with Crippen LogP contribution in [0.25, 0.3) is 0 Å². The maximum absolute atomic E-state index is 13.0. The quantitative estimate of drug-likeness (QED) is 0.879. The highest BCUT2D eigenvalue weighted by molar-refractivity contribution is 7.89. The number of ether oxygens (including phenoxy) is 2. The molecule has 0 saturated carbocycles. The summed E-state index contributed by atoms with van der Waals surface area (Å²) in [5, 5.41) is 9.12. The Morgan fingerprint density at radius 3 is 2.54 bits per heavy atom. The van der Waals surface area contributed by atoms with Crippen LogP contribution in [0.4, 0.5) is 0 Å². The van der Waals surface area contributed by atoms with Crippen LogP contribution in [-0.4, -0.2) is 43.6 Å². The van der Waals surface area contributed by atoms with Gasteiger partial charge in [-0.3, -0.25) is 0 Å². The summed E-state index contributed by atoms with van der Waals surface area (Å²) in [5.41, 5.74) is 0.721. The molecule has 1 unspecified atom stereocenters. The Hall–Kier alpha value is -2.58. The summed E-state index contributed by atoms with van der Waals surface area (Å²) in [4.78, 5) is 11.3. The average molecular weight is 377 g/mol. The number of fused-ring (bicyclic) bond motifs is 1. The van der Waals surface area contributed by atoms with Gasteiger partial charge in [-0.2, -0.15) is 4.31 Å². The van der Waals surface area contributed by atoms with E-state index in [0.717, 1.165) is 0 Å². The highest BCUT2D eigenvalue weighted by Gasteiger charge is 2.30. The van der Waals surface area contributed by atoms with E-state index in [1.165, 1.54) is 35.7 Å². The van der Waals surface area contributed by atoms with Crippen molar-refractivity contribution in [2.24, 2.45) is 0 Å². The summed E-state index contributed by atoms with van der Waals surface area (Å²) in [7, 11) is -2.22. The predicted octanol–water partition coefficient (Wildman–Crippen LogP) is 2.37. The topological polar surface area (TPSA) is 93.1 Å². The lowest BCUT2D eigenvalue weighted by molar-refractivity contribution is 0.0696. The van der Waals surface area contributed by atoms with Gasteiger partial charge in [0.15, 0.2) is 0 Å². The zero-order valence-electron chi connectivity index (χ0n) is 14.4. The van der Waals surface area contributed by atoms with Crippen molar-refractivity contribution in [2.75, 3.05) is 13.7 Å². The van der Waals surface area contributed by atoms with Gasteiger partial charge in [0.2, 0.25) is 10.0 Å². The van der Waals surface area contributed by atoms with Crippen molar-refractivity contribution in [2.45, 2.75) is 24.5 Å². The molecule has 0 aliphatic carbocycles. The Kier molecular flexibility index (Phi) is 4.88. The van der Waals surface area contributed by atoms with Crippen molar-refractivity contribution >= 4 is 16.0 Å². The normalized spacial score (nSPS) is 17.7. The molecule has 1 heterocycles. The molecule has 0 fully saturated rings. The fourth-order valence-electron chi connectivity index (χ4n) is 2.80. The van der Waals surface area contributed by atoms with Crippen molar-refractivity contribution in [3.05, 3.63) is 53.6 Å². The van der Waals surface area contributed by atoms with Gasteiger partial charge in [-0.1, -0.05) is 6.07 Å². The molecule has 26 heavy (non-hydrogen) atoms. The van der Waals surface area contributed by atoms with Crippen LogP contribution in [0.1, 0.15) is 22.8 Å². The summed E-state index contributed by atoms with van der Waals surface area (Å²) in [6.07, 6.45) is -0.423. The molecule has 0 amide bonds. The molecule has 0 aromatic heterocycles. The number of sulfonamides is 1. The zero-order valence-corrected chi connectivity index (χ0v) is 15.2. The van der Waals surface area contributed by atoms with Crippen LogP contribution in [0.3, 0.4) is 0 Å². The molecule has 3 rings (SSSR count). The van der Waals surface area contributed by atoms with Gasteiger partial charge in [0.1, 0.15) is 17.6 Å². The van der Waals surface area contributed by atoms with Crippen LogP contribution in [0, 0.1) is 0 Å². The third-order valence-corrected chi connectivity index (χ3v) is 5.97. The Morgan fingerprint density at radius 1 is 1.23 bits per heavy atom. The van der Waals surface area contributed by atoms with Crippen molar-refractivity contribution in [1.29, 1.82) is 0 Å². The van der Waals surface area contributed by atoms with Gasteiger partial charge in [-0.05, 0) is 43.3 Å². The highest BCUT2D eigenvalue weighted by atomic mass is 32.2. The first kappa shape index (κ1) is 18.2. The molecular weight excluding hydrogens is 358 g/mol. The van der Waals surface area contributed by atoms with E-state index in [2.05, 4.69) is 0 Å². The third kappa shape index (κ3) is 3.51. The van der Waals surface area contributed by atoms with Crippen LogP contribution in [0.2, 0.25) is 0 Å². The minimum atomic E-state index is -3.73. The van der Waals surface area contributed by atoms with E-state index in [9.17, 15) is 13.2 Å². The van der Waals surface area contributed by atoms with Crippen molar-refractivity contribution in [1.82, 2.24) is 4.31 Å². The lowest BCUT2D eigenvalue weighted by Crippen LogP contribution is -2.36. The predicted molar refractivity (Wildman–Crippen MR) is 94.1 cm³/mol. The first-order valence-electron chi connectivity index (χ1n) is 7.98. The molecule has 0 spiro atoms. The number of benzene rings is 2. The number of rotatable bonds is 4. The van der Waals surface area contributed by atoms with Gasteiger partial charge in [-0.15, -0.1) is 0 Å². The molecule has 0 radical (unpaired) electrons. The summed E-state index contributed by atoms with van der Waals surface area (Å²) >= 11 is 0. The molecule has 0 saturated heterocycles. The highest BCUT2D eigenvalue weighted by Crippen LogP contribution is 2.30. The van der Waals surface area contributed by atoms with Gasteiger partial charge >= 0.3 is 5.97 Å². The standard InChI is InChI=1S/C18H19NO6S/c1-12-10-19(26(22,23)16-7-5-15(24-2)6-8-16)11-14-4-3-13(18(20)21)9-17(14)25-12/h3-9,12H,10-11H2,1-2H3,(H,20,21). The molecule has 7 nitrogen and oxygen atoms in total. The molecule has 8 heteroatoms. The van der Waals surface area contributed by atoms with Gasteiger partial charge in [-0.25, -0.2) is 13.2 Å². The van der Waals surface area contributed by atoms with Crippen molar-refractivity contribution < 1.29 is 27.8 Å². The van der Waals surface area contributed by atoms with Crippen LogP contribution in [0.5, 0.6) is 11.5 Å². The lowest BCUT2D eigenvalue weighted by atomic mass is 10.1. The Bertz CT molecular complexity index is 923. The van der Waals surface area contributed by atoms with Crippen LogP contribution in [-0.2, 0) is 16.6 Å². The van der Waals surface area contributed by atoms with Gasteiger partial charge in [0.05, 0.1) is 24.1 Å². The number of hydrogen-bond donors (Lipinski definition) is 1. The smallest absolute Gasteiger partial charge is 0.335 e. The zero-order chi connectivity index (χ0) is 18.9. The van der Waals surface area contributed by atoms with E-state index < -0.39 is 22.1 Å². The lowest BCUT2D eigenvalue weighted by Gasteiger charge is -2.21. The van der Waals surface area contributed by atoms with Gasteiger partial charge in [0.25, 0.3) is 0 Å². The maximum Gasteiger partial charge on any atom is 0.335 e. The fourth-order valence-corrected chi connectivity index (χ4v) is 4.30. The first-order chi connectivity index (χ1) is 12.3. The van der Waals surface area contributed by atoms with Gasteiger partial charge in [0, 0.05) is 12.1 Å². The van der Waals surface area contributed by atoms with Crippen molar-refractivity contribution in [3.63, 3.8) is 0 Å². The maximum atomic E-state index is 13.0. The summed E-state index contributed by atoms with van der Waals surface area (Å²) in [6.45, 7) is 2.01. The molecular formula is C18H19NO6S. The monoisotopic (exact) mass is 377 g/mol. The largest absolute Gasteiger partial charge is 0.497 e. The number of carboxylic acids is 1. The SMILES string of the molecule is COc1ccc(S(=O)(=O)N2Cc3ccc(C(=O)O)cc3OC(C)C2)cc1. The summed E-state index contributed by atoms with van der Waals surface area (Å²) in [6, 6.07) is 10.7. The molecule has 1 aliphatic heterocycles. The average Bonchev–Trinajstić information content (AvgIpc) is 2.79. The van der Waals surface area contributed by atoms with Crippen LogP contribution < -0.4 is 9.47 Å². The third-order valence-electron chi connectivity index (χ3n) is 4.15. The molecule has 1 N–H and O–H groups in total. The van der Waals surface area contributed by atoms with E-state index in [4.69, 9.17) is 14.6 Å². The molecule has 2 aromatic rings. The second kappa shape index (κ2) is 6.97. The Balaban J connectivity index is 1.96. The number of aromatic carboxylic acids is 1. The molecule has 1 atom stereocenters. The van der Waals surface area contributed by atoms with E-state index in [1.807, 2.05) is 0 Å². The summed E-state index contributed by atoms with van der Waals surface area (Å²) < 4.78 is 38.2. The minimum Gasteiger partial charge on any atom is -0.497 e. The fraction of sp³-hybridized carbons (Fsp3) is 0.278. The summed E-state index contributed by atoms with van der Waals surface area (Å²) in [5.74, 6) is -0.0936. The second-order valence-electron chi connectivity index (χ2n) is 6.03. The molecule has 138 valence electrons. The Labute approximate surface area is 151 Å². The number of carbonyl (C=O) groups is 1. The molecule has 1 aliphatic rings. The second-order valence-corrected chi connectivity index (χ2v) is 7.97. The number of methoxy groups -OCH3 is 1. The van der Waals surface area contributed by atoms with Crippen LogP contribution >= 0.6 is 0 Å². The van der Waals surface area contributed by atoms with E-state index in [1.54, 1.807) is 25.1 Å². The van der Waals surface area contributed by atoms with Gasteiger partial charge < -0.3 is 14.6 Å². The van der Waals surface area contributed by atoms with Crippen LogP contribution in [0.15, 0.2) is 47.4 Å². The Morgan fingerprint density at radius 2 is 1.92 bits per heavy atom. The molecule has 2 aromatic carbocycles. The van der Waals surface area contributed by atoms with E-state index >= 15 is 0 Å². The minimum absolute atomic E-state index is 0.0995.